The zero-order valence-corrected chi connectivity index (χ0v) is 12.6. The van der Waals surface area contributed by atoms with Crippen LogP contribution in [-0.4, -0.2) is 34.8 Å². The van der Waals surface area contributed by atoms with Crippen LogP contribution in [0.3, 0.4) is 0 Å². The lowest BCUT2D eigenvalue weighted by atomic mass is 9.92. The van der Waals surface area contributed by atoms with E-state index in [4.69, 9.17) is 22.7 Å². The summed E-state index contributed by atoms with van der Waals surface area (Å²) in [6, 6.07) is 6.89. The molecule has 0 saturated heterocycles. The van der Waals surface area contributed by atoms with Crippen LogP contribution < -0.4 is 15.8 Å². The van der Waals surface area contributed by atoms with Crippen molar-refractivity contribution in [3.05, 3.63) is 29.8 Å². The van der Waals surface area contributed by atoms with Gasteiger partial charge in [0.05, 0.1) is 17.7 Å². The highest BCUT2D eigenvalue weighted by Crippen LogP contribution is 2.19. The quantitative estimate of drug-likeness (QED) is 0.710. The Morgan fingerprint density at radius 3 is 2.81 bits per heavy atom. The molecule has 1 saturated carbocycles. The lowest BCUT2D eigenvalue weighted by molar-refractivity contribution is -0.125. The minimum Gasteiger partial charge on any atom is -0.483 e. The number of amides is 1. The molecule has 114 valence electrons. The van der Waals surface area contributed by atoms with Gasteiger partial charge in [0.2, 0.25) is 0 Å². The van der Waals surface area contributed by atoms with Crippen molar-refractivity contribution in [1.29, 1.82) is 0 Å². The molecule has 21 heavy (non-hydrogen) atoms. The van der Waals surface area contributed by atoms with E-state index in [2.05, 4.69) is 5.32 Å². The normalized spacial score (nSPS) is 21.6. The molecule has 0 radical (unpaired) electrons. The van der Waals surface area contributed by atoms with Gasteiger partial charge in [-0.3, -0.25) is 4.79 Å². The number of thiocarbonyl (C=S) groups is 1. The summed E-state index contributed by atoms with van der Waals surface area (Å²) in [6.45, 7) is -0.122. The SMILES string of the molecule is NC(=S)c1ccccc1OCC(=O)NC1CCCCC1O. The third-order valence-electron chi connectivity index (χ3n) is 3.59. The standard InChI is InChI=1S/C15H20N2O3S/c16-15(21)10-5-1-4-8-13(10)20-9-14(19)17-11-6-2-3-7-12(11)18/h1,4-5,8,11-12,18H,2-3,6-7,9H2,(H2,16,21)(H,17,19). The topological polar surface area (TPSA) is 84.6 Å². The van der Waals surface area contributed by atoms with Crippen LogP contribution in [0, 0.1) is 0 Å². The number of hydrogen-bond donors (Lipinski definition) is 3. The summed E-state index contributed by atoms with van der Waals surface area (Å²) < 4.78 is 5.48. The van der Waals surface area contributed by atoms with Crippen LogP contribution in [0.5, 0.6) is 5.75 Å². The minimum atomic E-state index is -0.466. The Morgan fingerprint density at radius 2 is 2.10 bits per heavy atom. The van der Waals surface area contributed by atoms with Gasteiger partial charge in [0.1, 0.15) is 10.7 Å². The number of aliphatic hydroxyl groups is 1. The highest BCUT2D eigenvalue weighted by atomic mass is 32.1. The van der Waals surface area contributed by atoms with Crippen molar-refractivity contribution >= 4 is 23.1 Å². The Labute approximate surface area is 129 Å². The van der Waals surface area contributed by atoms with Gasteiger partial charge >= 0.3 is 0 Å². The number of nitrogens with two attached hydrogens (primary N) is 1. The number of aliphatic hydroxyl groups excluding tert-OH is 1. The predicted molar refractivity (Wildman–Crippen MR) is 84.2 cm³/mol. The van der Waals surface area contributed by atoms with Crippen LogP contribution in [0.15, 0.2) is 24.3 Å². The Kier molecular flexibility index (Phi) is 5.52. The second-order valence-corrected chi connectivity index (χ2v) is 5.61. The van der Waals surface area contributed by atoms with Crippen LogP contribution in [-0.2, 0) is 4.79 Å². The van der Waals surface area contributed by atoms with Crippen molar-refractivity contribution in [2.24, 2.45) is 5.73 Å². The number of nitrogens with one attached hydrogen (secondary N) is 1. The van der Waals surface area contributed by atoms with Crippen molar-refractivity contribution in [2.75, 3.05) is 6.61 Å². The second kappa shape index (κ2) is 7.38. The molecule has 0 spiro atoms. The molecule has 2 atom stereocenters. The number of carbonyl (C=O) groups excluding carboxylic acids is 1. The average molecular weight is 308 g/mol. The van der Waals surface area contributed by atoms with Crippen LogP contribution >= 0.6 is 12.2 Å². The molecule has 1 fully saturated rings. The number of rotatable bonds is 5. The maximum absolute atomic E-state index is 11.9. The molecule has 1 aromatic carbocycles. The van der Waals surface area contributed by atoms with Crippen molar-refractivity contribution in [1.82, 2.24) is 5.32 Å². The average Bonchev–Trinajstić information content (AvgIpc) is 2.48. The van der Waals surface area contributed by atoms with Crippen molar-refractivity contribution < 1.29 is 14.6 Å². The fourth-order valence-electron chi connectivity index (χ4n) is 2.47. The minimum absolute atomic E-state index is 0.122. The predicted octanol–water partition coefficient (Wildman–Crippen LogP) is 1.12. The smallest absolute Gasteiger partial charge is 0.258 e. The fourth-order valence-corrected chi connectivity index (χ4v) is 2.64. The molecule has 1 amide bonds. The molecule has 0 heterocycles. The van der Waals surface area contributed by atoms with Gasteiger partial charge in [-0.25, -0.2) is 0 Å². The van der Waals surface area contributed by atoms with Crippen LogP contribution in [0.1, 0.15) is 31.2 Å². The maximum atomic E-state index is 11.9. The first-order valence-electron chi connectivity index (χ1n) is 7.07. The molecule has 0 aliphatic heterocycles. The van der Waals surface area contributed by atoms with Gasteiger partial charge < -0.3 is 20.9 Å². The summed E-state index contributed by atoms with van der Waals surface area (Å²) in [5.41, 5.74) is 6.22. The Balaban J connectivity index is 1.88. The highest BCUT2D eigenvalue weighted by Gasteiger charge is 2.24. The van der Waals surface area contributed by atoms with Crippen molar-refractivity contribution in [2.45, 2.75) is 37.8 Å². The zero-order chi connectivity index (χ0) is 15.2. The summed E-state index contributed by atoms with van der Waals surface area (Å²) in [7, 11) is 0. The first-order valence-corrected chi connectivity index (χ1v) is 7.48. The first-order chi connectivity index (χ1) is 10.1. The fraction of sp³-hybridized carbons (Fsp3) is 0.467. The lowest BCUT2D eigenvalue weighted by Crippen LogP contribution is -2.46. The lowest BCUT2D eigenvalue weighted by Gasteiger charge is -2.28. The Morgan fingerprint density at radius 1 is 1.38 bits per heavy atom. The van der Waals surface area contributed by atoms with Crippen LogP contribution in [0.4, 0.5) is 0 Å². The molecule has 6 heteroatoms. The Bertz CT molecular complexity index is 521. The van der Waals surface area contributed by atoms with Gasteiger partial charge in [-0.2, -0.15) is 0 Å². The van der Waals surface area contributed by atoms with E-state index in [-0.39, 0.29) is 23.5 Å². The zero-order valence-electron chi connectivity index (χ0n) is 11.7. The van der Waals surface area contributed by atoms with E-state index in [9.17, 15) is 9.90 Å². The summed E-state index contributed by atoms with van der Waals surface area (Å²) in [6.07, 6.45) is 3.09. The summed E-state index contributed by atoms with van der Waals surface area (Å²) in [5.74, 6) is 0.239. The van der Waals surface area contributed by atoms with Crippen LogP contribution in [0.25, 0.3) is 0 Å². The largest absolute Gasteiger partial charge is 0.483 e. The van der Waals surface area contributed by atoms with E-state index in [1.165, 1.54) is 0 Å². The van der Waals surface area contributed by atoms with Gasteiger partial charge in [0.25, 0.3) is 5.91 Å². The van der Waals surface area contributed by atoms with Gasteiger partial charge in [0, 0.05) is 0 Å². The molecular formula is C15H20N2O3S. The van der Waals surface area contributed by atoms with Gasteiger partial charge in [-0.05, 0) is 25.0 Å². The molecule has 1 aliphatic rings. The molecule has 1 aromatic rings. The van der Waals surface area contributed by atoms with E-state index in [1.54, 1.807) is 24.3 Å². The molecule has 5 nitrogen and oxygen atoms in total. The third-order valence-corrected chi connectivity index (χ3v) is 3.81. The summed E-state index contributed by atoms with van der Waals surface area (Å²) in [4.78, 5) is 12.1. The molecule has 2 unspecified atom stereocenters. The Hall–Kier alpha value is -1.66. The van der Waals surface area contributed by atoms with Gasteiger partial charge in [0.15, 0.2) is 6.61 Å². The number of ether oxygens (including phenoxy) is 1. The molecular weight excluding hydrogens is 288 g/mol. The molecule has 0 aromatic heterocycles. The molecule has 2 rings (SSSR count). The van der Waals surface area contributed by atoms with E-state index in [1.807, 2.05) is 0 Å². The maximum Gasteiger partial charge on any atom is 0.258 e. The molecule has 4 N–H and O–H groups in total. The van der Waals surface area contributed by atoms with E-state index >= 15 is 0 Å². The number of carbonyl (C=O) groups is 1. The molecule has 0 bridgehead atoms. The monoisotopic (exact) mass is 308 g/mol. The first kappa shape index (κ1) is 15.7. The number of benzene rings is 1. The molecule has 1 aliphatic carbocycles. The van der Waals surface area contributed by atoms with Crippen molar-refractivity contribution in [3.8, 4) is 5.75 Å². The number of para-hydroxylation sites is 1. The van der Waals surface area contributed by atoms with Gasteiger partial charge in [-0.15, -0.1) is 0 Å². The van der Waals surface area contributed by atoms with Crippen molar-refractivity contribution in [3.63, 3.8) is 0 Å². The summed E-state index contributed by atoms with van der Waals surface area (Å²) >= 11 is 4.94. The van der Waals surface area contributed by atoms with E-state index < -0.39 is 6.10 Å². The summed E-state index contributed by atoms with van der Waals surface area (Å²) in [5, 5.41) is 12.6. The van der Waals surface area contributed by atoms with E-state index in [0.29, 0.717) is 11.3 Å². The van der Waals surface area contributed by atoms with Gasteiger partial charge in [-0.1, -0.05) is 37.2 Å². The second-order valence-electron chi connectivity index (χ2n) is 5.17. The van der Waals surface area contributed by atoms with Crippen LogP contribution in [0.2, 0.25) is 0 Å². The van der Waals surface area contributed by atoms with E-state index in [0.717, 1.165) is 25.7 Å². The third kappa shape index (κ3) is 4.41. The highest BCUT2D eigenvalue weighted by molar-refractivity contribution is 7.80. The number of hydrogen-bond acceptors (Lipinski definition) is 4.